The van der Waals surface area contributed by atoms with Crippen molar-refractivity contribution in [3.63, 3.8) is 0 Å². The lowest BCUT2D eigenvalue weighted by atomic mass is 10.0. The molecule has 7 nitrogen and oxygen atoms in total. The van der Waals surface area contributed by atoms with Crippen molar-refractivity contribution >= 4 is 11.8 Å². The van der Waals surface area contributed by atoms with Crippen molar-refractivity contribution in [1.82, 2.24) is 25.5 Å². The predicted octanol–water partition coefficient (Wildman–Crippen LogP) is 2.98. The van der Waals surface area contributed by atoms with Crippen LogP contribution in [0.15, 0.2) is 36.8 Å². The van der Waals surface area contributed by atoms with E-state index in [1.807, 2.05) is 17.0 Å². The zero-order valence-corrected chi connectivity index (χ0v) is 18.4. The first-order chi connectivity index (χ1) is 15.6. The van der Waals surface area contributed by atoms with Crippen LogP contribution in [0.2, 0.25) is 0 Å². The monoisotopic (exact) mass is 441 g/mol. The molecule has 3 N–H and O–H groups in total. The van der Waals surface area contributed by atoms with E-state index in [0.717, 1.165) is 58.2 Å². The van der Waals surface area contributed by atoms with Gasteiger partial charge in [-0.05, 0) is 69.2 Å². The number of rotatable bonds is 10. The van der Waals surface area contributed by atoms with Crippen molar-refractivity contribution in [1.29, 1.82) is 0 Å². The van der Waals surface area contributed by atoms with Crippen LogP contribution >= 0.6 is 0 Å². The lowest BCUT2D eigenvalue weighted by molar-refractivity contribution is -0.134. The molecule has 1 aliphatic carbocycles. The smallest absolute Gasteiger partial charge is 0.269 e. The number of piperidine rings is 1. The van der Waals surface area contributed by atoms with Crippen molar-refractivity contribution in [2.75, 3.05) is 19.6 Å². The van der Waals surface area contributed by atoms with E-state index in [1.165, 1.54) is 30.2 Å². The minimum Gasteiger partial charge on any atom is -0.341 e. The van der Waals surface area contributed by atoms with Gasteiger partial charge in [0.15, 0.2) is 0 Å². The highest BCUT2D eigenvalue weighted by Gasteiger charge is 2.37. The zero-order valence-electron chi connectivity index (χ0n) is 18.4. The van der Waals surface area contributed by atoms with Crippen LogP contribution < -0.4 is 10.6 Å². The Morgan fingerprint density at radius 2 is 1.94 bits per heavy atom. The summed E-state index contributed by atoms with van der Waals surface area (Å²) in [5.74, 6) is -0.0231. The highest BCUT2D eigenvalue weighted by Crippen LogP contribution is 2.40. The summed E-state index contributed by atoms with van der Waals surface area (Å²) >= 11 is 0. The summed E-state index contributed by atoms with van der Waals surface area (Å²) in [7, 11) is 0. The number of aromatic amines is 1. The van der Waals surface area contributed by atoms with Gasteiger partial charge in [0.1, 0.15) is 17.6 Å². The van der Waals surface area contributed by atoms with Crippen LogP contribution in [0.4, 0.5) is 4.39 Å². The molecule has 1 aromatic carbocycles. The zero-order chi connectivity index (χ0) is 22.3. The summed E-state index contributed by atoms with van der Waals surface area (Å²) in [4.78, 5) is 34.1. The second-order valence-electron chi connectivity index (χ2n) is 8.83. The Balaban J connectivity index is 1.22. The maximum atomic E-state index is 13.1. The Kier molecular flexibility index (Phi) is 7.52. The number of halogens is 1. The number of H-pyrrole nitrogens is 1. The lowest BCUT2D eigenvalue weighted by Gasteiger charge is -2.30. The number of aromatic nitrogens is 2. The molecular formula is C24H32FN5O2. The molecule has 1 aliphatic heterocycles. The first kappa shape index (κ1) is 22.5. The molecule has 1 saturated heterocycles. The van der Waals surface area contributed by atoms with Gasteiger partial charge in [-0.15, -0.1) is 0 Å². The number of likely N-dealkylation sites (tertiary alicyclic amines) is 1. The van der Waals surface area contributed by atoms with E-state index in [1.54, 1.807) is 0 Å². The van der Waals surface area contributed by atoms with Gasteiger partial charge in [0.05, 0.1) is 12.5 Å². The van der Waals surface area contributed by atoms with Crippen molar-refractivity contribution in [3.05, 3.63) is 53.9 Å². The van der Waals surface area contributed by atoms with Crippen LogP contribution in [0.25, 0.3) is 0 Å². The fourth-order valence-corrected chi connectivity index (χ4v) is 4.47. The second-order valence-corrected chi connectivity index (χ2v) is 8.83. The van der Waals surface area contributed by atoms with E-state index >= 15 is 0 Å². The number of benzene rings is 1. The second kappa shape index (κ2) is 10.7. The van der Waals surface area contributed by atoms with Crippen LogP contribution in [-0.4, -0.2) is 58.4 Å². The SMILES string of the molecule is O=C(N[C@@H](CCCCN[C@@H]1C[C@H]1c1ccc(F)cc1)C(=O)N1CCCCC1)c1cnc[nH]1. The minimum atomic E-state index is -0.517. The van der Waals surface area contributed by atoms with E-state index in [4.69, 9.17) is 0 Å². The van der Waals surface area contributed by atoms with Gasteiger partial charge in [-0.3, -0.25) is 9.59 Å². The molecule has 2 amide bonds. The van der Waals surface area contributed by atoms with E-state index < -0.39 is 6.04 Å². The van der Waals surface area contributed by atoms with Crippen LogP contribution in [0.3, 0.4) is 0 Å². The van der Waals surface area contributed by atoms with Crippen molar-refractivity contribution in [2.24, 2.45) is 0 Å². The molecule has 172 valence electrons. The van der Waals surface area contributed by atoms with Crippen LogP contribution in [0, 0.1) is 5.82 Å². The molecule has 0 unspecified atom stereocenters. The third kappa shape index (κ3) is 5.94. The van der Waals surface area contributed by atoms with Crippen LogP contribution in [-0.2, 0) is 4.79 Å². The van der Waals surface area contributed by atoms with Gasteiger partial charge in [0, 0.05) is 25.0 Å². The summed E-state index contributed by atoms with van der Waals surface area (Å²) in [5.41, 5.74) is 1.54. The third-order valence-corrected chi connectivity index (χ3v) is 6.43. The highest BCUT2D eigenvalue weighted by atomic mass is 19.1. The van der Waals surface area contributed by atoms with Gasteiger partial charge >= 0.3 is 0 Å². The van der Waals surface area contributed by atoms with E-state index in [-0.39, 0.29) is 17.6 Å². The molecule has 2 aromatic rings. The summed E-state index contributed by atoms with van der Waals surface area (Å²) in [5, 5.41) is 6.47. The summed E-state index contributed by atoms with van der Waals surface area (Å²) in [6, 6.07) is 6.67. The molecule has 2 heterocycles. The predicted molar refractivity (Wildman–Crippen MR) is 120 cm³/mol. The Labute approximate surface area is 188 Å². The number of hydrogen-bond acceptors (Lipinski definition) is 4. The molecule has 3 atom stereocenters. The van der Waals surface area contributed by atoms with Gasteiger partial charge in [-0.25, -0.2) is 9.37 Å². The number of hydrogen-bond donors (Lipinski definition) is 3. The fourth-order valence-electron chi connectivity index (χ4n) is 4.47. The largest absolute Gasteiger partial charge is 0.341 e. The number of amides is 2. The topological polar surface area (TPSA) is 90.1 Å². The number of imidazole rings is 1. The molecule has 1 aromatic heterocycles. The molecule has 1 saturated carbocycles. The van der Waals surface area contributed by atoms with Crippen molar-refractivity contribution in [3.8, 4) is 0 Å². The Hall–Kier alpha value is -2.74. The molecule has 2 fully saturated rings. The van der Waals surface area contributed by atoms with Gasteiger partial charge in [0.2, 0.25) is 5.91 Å². The lowest BCUT2D eigenvalue weighted by Crippen LogP contribution is -2.50. The molecule has 2 aliphatic rings. The first-order valence-electron chi connectivity index (χ1n) is 11.7. The number of nitrogens with zero attached hydrogens (tertiary/aromatic N) is 2. The molecular weight excluding hydrogens is 409 g/mol. The molecule has 0 radical (unpaired) electrons. The number of carbonyl (C=O) groups excluding carboxylic acids is 2. The Morgan fingerprint density at radius 1 is 1.16 bits per heavy atom. The number of nitrogens with one attached hydrogen (secondary N) is 3. The van der Waals surface area contributed by atoms with Crippen LogP contribution in [0.1, 0.15) is 66.9 Å². The molecule has 32 heavy (non-hydrogen) atoms. The average molecular weight is 442 g/mol. The van der Waals surface area contributed by atoms with Gasteiger partial charge in [-0.2, -0.15) is 0 Å². The van der Waals surface area contributed by atoms with Gasteiger partial charge in [-0.1, -0.05) is 12.1 Å². The summed E-state index contributed by atoms with van der Waals surface area (Å²) in [6.07, 6.45) is 9.57. The third-order valence-electron chi connectivity index (χ3n) is 6.43. The highest BCUT2D eigenvalue weighted by molar-refractivity contribution is 5.95. The summed E-state index contributed by atoms with van der Waals surface area (Å²) in [6.45, 7) is 2.40. The standard InChI is InChI=1S/C24H32FN5O2/c25-18-9-7-17(8-10-18)19-14-21(19)27-11-3-2-6-20(24(32)30-12-4-1-5-13-30)29-23(31)22-15-26-16-28-22/h7-10,15-16,19-21,27H,1-6,11-14H2,(H,26,28)(H,29,31)/t19-,20-,21+/m0/s1. The van der Waals surface area contributed by atoms with E-state index in [9.17, 15) is 14.0 Å². The van der Waals surface area contributed by atoms with Crippen LogP contribution in [0.5, 0.6) is 0 Å². The Morgan fingerprint density at radius 3 is 2.66 bits per heavy atom. The average Bonchev–Trinajstić information content (AvgIpc) is 3.36. The van der Waals surface area contributed by atoms with Crippen molar-refractivity contribution in [2.45, 2.75) is 62.9 Å². The number of carbonyl (C=O) groups is 2. The minimum absolute atomic E-state index is 0.0177. The number of unbranched alkanes of at least 4 members (excludes halogenated alkanes) is 1. The van der Waals surface area contributed by atoms with E-state index in [2.05, 4.69) is 20.6 Å². The molecule has 0 bridgehead atoms. The maximum Gasteiger partial charge on any atom is 0.269 e. The quantitative estimate of drug-likeness (QED) is 0.495. The Bertz CT molecular complexity index is 880. The molecule has 0 spiro atoms. The van der Waals surface area contributed by atoms with E-state index in [0.29, 0.717) is 24.1 Å². The first-order valence-corrected chi connectivity index (χ1v) is 11.7. The van der Waals surface area contributed by atoms with Crippen molar-refractivity contribution < 1.29 is 14.0 Å². The van der Waals surface area contributed by atoms with Gasteiger partial charge in [0.25, 0.3) is 5.91 Å². The normalized spacial score (nSPS) is 21.2. The summed E-state index contributed by atoms with van der Waals surface area (Å²) < 4.78 is 13.1. The van der Waals surface area contributed by atoms with Gasteiger partial charge < -0.3 is 20.5 Å². The fraction of sp³-hybridized carbons (Fsp3) is 0.542. The molecule has 4 rings (SSSR count). The molecule has 8 heteroatoms. The maximum absolute atomic E-state index is 13.1.